The molecule has 1 amide bonds. The molecule has 0 radical (unpaired) electrons. The number of nitro benzene ring substituents is 1. The number of hydrogen-bond donors (Lipinski definition) is 3. The Balaban J connectivity index is 2.22. The van der Waals surface area contributed by atoms with E-state index < -0.39 is 22.6 Å². The van der Waals surface area contributed by atoms with E-state index in [4.69, 9.17) is 9.84 Å². The molecule has 0 aliphatic carbocycles. The first kappa shape index (κ1) is 15.0. The Hall–Kier alpha value is -3.36. The van der Waals surface area contributed by atoms with E-state index in [1.54, 1.807) is 0 Å². The Labute approximate surface area is 122 Å². The van der Waals surface area contributed by atoms with Crippen molar-refractivity contribution in [2.45, 2.75) is 0 Å². The van der Waals surface area contributed by atoms with Crippen LogP contribution in [0.4, 0.5) is 20.6 Å². The Kier molecular flexibility index (Phi) is 4.07. The van der Waals surface area contributed by atoms with Gasteiger partial charge < -0.3 is 14.9 Å². The van der Waals surface area contributed by atoms with Crippen LogP contribution in [0.15, 0.2) is 36.4 Å². The third-order valence-electron chi connectivity index (χ3n) is 2.56. The van der Waals surface area contributed by atoms with Gasteiger partial charge in [-0.1, -0.05) is 0 Å². The lowest BCUT2D eigenvalue weighted by molar-refractivity contribution is -0.384. The van der Waals surface area contributed by atoms with Crippen LogP contribution in [0.2, 0.25) is 0 Å². The standard InChI is InChI=1S/C13H9FN2O6/c14-9-6-8(2-3-10(9)15-13(18)19)22-12-4-1-7(16(20)21)5-11(12)17/h1-6,15,17H,(H,18,19). The third kappa shape index (κ3) is 3.39. The second-order valence-electron chi connectivity index (χ2n) is 4.08. The maximum atomic E-state index is 13.6. The van der Waals surface area contributed by atoms with E-state index in [1.807, 2.05) is 5.32 Å². The van der Waals surface area contributed by atoms with Crippen LogP contribution in [0, 0.1) is 15.9 Å². The van der Waals surface area contributed by atoms with Crippen molar-refractivity contribution in [3.63, 3.8) is 0 Å². The number of aromatic hydroxyl groups is 1. The predicted molar refractivity (Wildman–Crippen MR) is 72.9 cm³/mol. The lowest BCUT2D eigenvalue weighted by Crippen LogP contribution is -2.08. The number of halogens is 1. The van der Waals surface area contributed by atoms with Crippen molar-refractivity contribution in [2.75, 3.05) is 5.32 Å². The maximum absolute atomic E-state index is 13.6. The minimum absolute atomic E-state index is 0.0161. The molecule has 0 saturated heterocycles. The molecule has 0 aromatic heterocycles. The first-order valence-electron chi connectivity index (χ1n) is 5.81. The van der Waals surface area contributed by atoms with Crippen molar-refractivity contribution in [1.82, 2.24) is 0 Å². The number of carboxylic acid groups (broad SMARTS) is 1. The molecule has 2 rings (SSSR count). The molecule has 0 saturated carbocycles. The van der Waals surface area contributed by atoms with Crippen molar-refractivity contribution in [2.24, 2.45) is 0 Å². The van der Waals surface area contributed by atoms with Crippen LogP contribution in [0.25, 0.3) is 0 Å². The van der Waals surface area contributed by atoms with E-state index in [1.165, 1.54) is 6.07 Å². The normalized spacial score (nSPS) is 10.0. The highest BCUT2D eigenvalue weighted by molar-refractivity contribution is 5.83. The van der Waals surface area contributed by atoms with Gasteiger partial charge in [0.2, 0.25) is 0 Å². The molecular weight excluding hydrogens is 299 g/mol. The number of phenols is 1. The largest absolute Gasteiger partial charge is 0.504 e. The number of anilines is 1. The van der Waals surface area contributed by atoms with Gasteiger partial charge in [0, 0.05) is 12.1 Å². The number of benzene rings is 2. The molecule has 0 heterocycles. The second-order valence-corrected chi connectivity index (χ2v) is 4.08. The number of ether oxygens (including phenoxy) is 1. The molecule has 0 aliphatic heterocycles. The fraction of sp³-hybridized carbons (Fsp3) is 0. The predicted octanol–water partition coefficient (Wildman–Crippen LogP) is 3.32. The highest BCUT2D eigenvalue weighted by atomic mass is 19.1. The van der Waals surface area contributed by atoms with Gasteiger partial charge in [-0.05, 0) is 18.2 Å². The Morgan fingerprint density at radius 3 is 2.55 bits per heavy atom. The fourth-order valence-electron chi connectivity index (χ4n) is 1.61. The first-order chi connectivity index (χ1) is 10.4. The summed E-state index contributed by atoms with van der Waals surface area (Å²) >= 11 is 0. The summed E-state index contributed by atoms with van der Waals surface area (Å²) < 4.78 is 18.8. The Morgan fingerprint density at radius 2 is 2.00 bits per heavy atom. The maximum Gasteiger partial charge on any atom is 0.409 e. The molecule has 0 fully saturated rings. The number of nitro groups is 1. The Bertz CT molecular complexity index is 749. The minimum atomic E-state index is -1.42. The van der Waals surface area contributed by atoms with Gasteiger partial charge in [-0.15, -0.1) is 0 Å². The first-order valence-corrected chi connectivity index (χ1v) is 5.81. The molecule has 0 spiro atoms. The molecule has 9 heteroatoms. The third-order valence-corrected chi connectivity index (χ3v) is 2.56. The summed E-state index contributed by atoms with van der Waals surface area (Å²) in [6.45, 7) is 0. The lowest BCUT2D eigenvalue weighted by Gasteiger charge is -2.09. The molecule has 0 unspecified atom stereocenters. The number of hydrogen-bond acceptors (Lipinski definition) is 5. The zero-order valence-electron chi connectivity index (χ0n) is 10.8. The molecule has 3 N–H and O–H groups in total. The van der Waals surface area contributed by atoms with E-state index in [-0.39, 0.29) is 22.9 Å². The minimum Gasteiger partial charge on any atom is -0.504 e. The molecule has 8 nitrogen and oxygen atoms in total. The van der Waals surface area contributed by atoms with E-state index in [0.717, 1.165) is 30.3 Å². The zero-order valence-corrected chi connectivity index (χ0v) is 10.8. The van der Waals surface area contributed by atoms with Gasteiger partial charge in [0.25, 0.3) is 5.69 Å². The lowest BCUT2D eigenvalue weighted by atomic mass is 10.2. The molecule has 22 heavy (non-hydrogen) atoms. The summed E-state index contributed by atoms with van der Waals surface area (Å²) in [7, 11) is 0. The fourth-order valence-corrected chi connectivity index (χ4v) is 1.61. The summed E-state index contributed by atoms with van der Waals surface area (Å²) in [5.41, 5.74) is -0.579. The number of amides is 1. The molecule has 0 aliphatic rings. The van der Waals surface area contributed by atoms with Crippen LogP contribution >= 0.6 is 0 Å². The number of rotatable bonds is 4. The summed E-state index contributed by atoms with van der Waals surface area (Å²) in [4.78, 5) is 20.3. The second kappa shape index (κ2) is 5.95. The van der Waals surface area contributed by atoms with Gasteiger partial charge in [-0.25, -0.2) is 9.18 Å². The van der Waals surface area contributed by atoms with E-state index in [2.05, 4.69) is 0 Å². The van der Waals surface area contributed by atoms with E-state index in [0.29, 0.717) is 0 Å². The average Bonchev–Trinajstić information content (AvgIpc) is 2.43. The number of nitrogens with zero attached hydrogens (tertiary/aromatic N) is 1. The molecule has 0 atom stereocenters. The summed E-state index contributed by atoms with van der Waals surface area (Å²) in [5.74, 6) is -1.48. The number of phenolic OH excluding ortho intramolecular Hbond substituents is 1. The summed E-state index contributed by atoms with van der Waals surface area (Å²) in [5, 5.41) is 30.5. The number of carbonyl (C=O) groups is 1. The van der Waals surface area contributed by atoms with Crippen LogP contribution in [0.5, 0.6) is 17.2 Å². The monoisotopic (exact) mass is 308 g/mol. The molecular formula is C13H9FN2O6. The van der Waals surface area contributed by atoms with Gasteiger partial charge in [0.05, 0.1) is 16.7 Å². The summed E-state index contributed by atoms with van der Waals surface area (Å²) in [6, 6.07) is 6.50. The number of non-ortho nitro benzene ring substituents is 1. The highest BCUT2D eigenvalue weighted by Gasteiger charge is 2.13. The molecule has 2 aromatic rings. The van der Waals surface area contributed by atoms with Gasteiger partial charge >= 0.3 is 6.09 Å². The van der Waals surface area contributed by atoms with Crippen molar-refractivity contribution in [1.29, 1.82) is 0 Å². The van der Waals surface area contributed by atoms with Crippen LogP contribution in [0.1, 0.15) is 0 Å². The quantitative estimate of drug-likeness (QED) is 0.588. The van der Waals surface area contributed by atoms with Crippen LogP contribution in [-0.2, 0) is 0 Å². The topological polar surface area (TPSA) is 122 Å². The van der Waals surface area contributed by atoms with Gasteiger partial charge in [-0.2, -0.15) is 0 Å². The van der Waals surface area contributed by atoms with E-state index >= 15 is 0 Å². The van der Waals surface area contributed by atoms with Crippen LogP contribution in [0.3, 0.4) is 0 Å². The van der Waals surface area contributed by atoms with Gasteiger partial charge in [-0.3, -0.25) is 15.4 Å². The molecule has 114 valence electrons. The highest BCUT2D eigenvalue weighted by Crippen LogP contribution is 2.34. The van der Waals surface area contributed by atoms with Crippen LogP contribution in [-0.4, -0.2) is 21.2 Å². The molecule has 0 bridgehead atoms. The zero-order chi connectivity index (χ0) is 16.3. The van der Waals surface area contributed by atoms with Crippen molar-refractivity contribution < 1.29 is 29.1 Å². The van der Waals surface area contributed by atoms with Gasteiger partial charge in [0.15, 0.2) is 17.3 Å². The van der Waals surface area contributed by atoms with Crippen LogP contribution < -0.4 is 10.1 Å². The average molecular weight is 308 g/mol. The number of nitrogens with one attached hydrogen (secondary N) is 1. The summed E-state index contributed by atoms with van der Waals surface area (Å²) in [6.07, 6.45) is -1.42. The van der Waals surface area contributed by atoms with Gasteiger partial charge in [0.1, 0.15) is 5.75 Å². The molecule has 2 aromatic carbocycles. The van der Waals surface area contributed by atoms with Crippen molar-refractivity contribution >= 4 is 17.5 Å². The smallest absolute Gasteiger partial charge is 0.409 e. The Morgan fingerprint density at radius 1 is 1.27 bits per heavy atom. The SMILES string of the molecule is O=C(O)Nc1ccc(Oc2ccc([N+](=O)[O-])cc2O)cc1F. The van der Waals surface area contributed by atoms with Crippen molar-refractivity contribution in [3.8, 4) is 17.2 Å². The van der Waals surface area contributed by atoms with E-state index in [9.17, 15) is 24.4 Å². The van der Waals surface area contributed by atoms with Crippen molar-refractivity contribution in [3.05, 3.63) is 52.3 Å².